The van der Waals surface area contributed by atoms with Crippen LogP contribution in [0.3, 0.4) is 0 Å². The number of unbranched alkanes of at least 4 members (excludes halogenated alkanes) is 2. The first-order chi connectivity index (χ1) is 15.1. The average molecular weight is 535 g/mol. The van der Waals surface area contributed by atoms with Gasteiger partial charge in [0.2, 0.25) is 0 Å². The van der Waals surface area contributed by atoms with E-state index >= 15 is 0 Å². The molecule has 0 spiro atoms. The fourth-order valence-electron chi connectivity index (χ4n) is 3.11. The van der Waals surface area contributed by atoms with Gasteiger partial charge in [-0.3, -0.25) is 0 Å². The van der Waals surface area contributed by atoms with Crippen LogP contribution in [0.4, 0.5) is 0 Å². The molecular weight excluding hydrogens is 489 g/mol. The minimum atomic E-state index is -2.47. The zero-order chi connectivity index (χ0) is 23.3. The topological polar surface area (TPSA) is 55.4 Å². The fraction of sp³-hybridized carbons (Fsp3) is 1.00. The first kappa shape index (κ1) is 32.2. The molecule has 0 aromatic rings. The molecule has 0 unspecified atom stereocenters. The minimum Gasteiger partial charge on any atom is -0.374 e. The molecule has 11 heteroatoms. The lowest BCUT2D eigenvalue weighted by Gasteiger charge is -2.28. The molecule has 0 radical (unpaired) electrons. The van der Waals surface area contributed by atoms with E-state index in [0.29, 0.717) is 39.6 Å². The summed E-state index contributed by atoms with van der Waals surface area (Å²) >= 11 is 0. The van der Waals surface area contributed by atoms with Gasteiger partial charge in [-0.15, -0.1) is 0 Å². The third-order valence-corrected chi connectivity index (χ3v) is 14.9. The molecule has 0 aromatic carbocycles. The second-order valence-electron chi connectivity index (χ2n) is 6.59. The Morgan fingerprint density at radius 3 is 1.00 bits per heavy atom. The van der Waals surface area contributed by atoms with E-state index < -0.39 is 17.6 Å². The highest BCUT2D eigenvalue weighted by Gasteiger charge is 2.40. The van der Waals surface area contributed by atoms with Crippen LogP contribution in [0.15, 0.2) is 0 Å². The van der Waals surface area contributed by atoms with Gasteiger partial charge in [-0.25, -0.2) is 0 Å². The standard InChI is InChI=1S/C20H46O6S3Si2/c1-7-21-30(22-8-2,23-9-3)19-15-13-17-27-29-28-18-14-16-20-31(24-10-4,25-11-5)26-12-6/h7-20H2,1-6H3. The molecule has 188 valence electrons. The summed E-state index contributed by atoms with van der Waals surface area (Å²) in [4.78, 5) is 0. The van der Waals surface area contributed by atoms with Crippen LogP contribution in [0.1, 0.15) is 67.2 Å². The van der Waals surface area contributed by atoms with Crippen LogP contribution in [-0.2, 0) is 26.6 Å². The third kappa shape index (κ3) is 15.7. The quantitative estimate of drug-likeness (QED) is 0.0767. The maximum absolute atomic E-state index is 5.92. The Hall–Kier alpha value is 1.24. The van der Waals surface area contributed by atoms with Crippen LogP contribution in [0.2, 0.25) is 12.1 Å². The van der Waals surface area contributed by atoms with Crippen molar-refractivity contribution < 1.29 is 26.6 Å². The second kappa shape index (κ2) is 21.8. The second-order valence-corrected chi connectivity index (χ2v) is 16.5. The molecule has 0 aliphatic heterocycles. The number of hydrogen-bond acceptors (Lipinski definition) is 9. The molecule has 6 nitrogen and oxygen atoms in total. The van der Waals surface area contributed by atoms with Crippen molar-refractivity contribution in [2.75, 3.05) is 51.1 Å². The molecule has 0 heterocycles. The largest absolute Gasteiger partial charge is 0.500 e. The van der Waals surface area contributed by atoms with Gasteiger partial charge >= 0.3 is 17.6 Å². The van der Waals surface area contributed by atoms with Crippen LogP contribution in [0.5, 0.6) is 0 Å². The molecule has 0 aliphatic rings. The van der Waals surface area contributed by atoms with Crippen molar-refractivity contribution in [3.63, 3.8) is 0 Å². The minimum absolute atomic E-state index is 0.650. The van der Waals surface area contributed by atoms with E-state index in [9.17, 15) is 0 Å². The van der Waals surface area contributed by atoms with Gasteiger partial charge in [0.15, 0.2) is 0 Å². The van der Waals surface area contributed by atoms with Crippen molar-refractivity contribution in [2.24, 2.45) is 0 Å². The molecule has 0 aromatic heterocycles. The Labute approximate surface area is 205 Å². The van der Waals surface area contributed by atoms with E-state index in [1.807, 2.05) is 73.0 Å². The molecule has 0 fully saturated rings. The van der Waals surface area contributed by atoms with E-state index in [4.69, 9.17) is 26.6 Å². The Bertz CT molecular complexity index is 332. The molecule has 0 N–H and O–H groups in total. The first-order valence-corrected chi connectivity index (χ1v) is 19.5. The van der Waals surface area contributed by atoms with E-state index in [2.05, 4.69) is 0 Å². The summed E-state index contributed by atoms with van der Waals surface area (Å²) < 4.78 is 35.5. The fourth-order valence-corrected chi connectivity index (χ4v) is 12.5. The van der Waals surface area contributed by atoms with Crippen LogP contribution >= 0.6 is 31.4 Å². The zero-order valence-corrected chi connectivity index (χ0v) is 25.0. The van der Waals surface area contributed by atoms with Gasteiger partial charge in [-0.05, 0) is 77.1 Å². The lowest BCUT2D eigenvalue weighted by atomic mass is 10.4. The van der Waals surface area contributed by atoms with Crippen molar-refractivity contribution in [1.29, 1.82) is 0 Å². The van der Waals surface area contributed by atoms with Gasteiger partial charge in [0.25, 0.3) is 0 Å². The summed E-state index contributed by atoms with van der Waals surface area (Å²) in [5.41, 5.74) is 0. The van der Waals surface area contributed by atoms with Crippen molar-refractivity contribution in [3.05, 3.63) is 0 Å². The van der Waals surface area contributed by atoms with Gasteiger partial charge in [-0.1, -0.05) is 21.6 Å². The van der Waals surface area contributed by atoms with E-state index in [1.165, 1.54) is 0 Å². The molecule has 0 amide bonds. The van der Waals surface area contributed by atoms with Gasteiger partial charge in [-0.2, -0.15) is 0 Å². The molecule has 0 aliphatic carbocycles. The van der Waals surface area contributed by atoms with Gasteiger partial charge in [0.1, 0.15) is 0 Å². The highest BCUT2D eigenvalue weighted by molar-refractivity contribution is 9.09. The van der Waals surface area contributed by atoms with Crippen LogP contribution < -0.4 is 0 Å². The van der Waals surface area contributed by atoms with E-state index in [0.717, 1.165) is 49.3 Å². The third-order valence-electron chi connectivity index (χ3n) is 4.20. The van der Waals surface area contributed by atoms with Gasteiger partial charge in [0.05, 0.1) is 0 Å². The lowest BCUT2D eigenvalue weighted by Crippen LogP contribution is -2.45. The molecule has 31 heavy (non-hydrogen) atoms. The maximum Gasteiger partial charge on any atom is 0.500 e. The zero-order valence-electron chi connectivity index (χ0n) is 20.6. The Morgan fingerprint density at radius 1 is 0.452 bits per heavy atom. The highest BCUT2D eigenvalue weighted by atomic mass is 33.5. The first-order valence-electron chi connectivity index (χ1n) is 11.8. The summed E-state index contributed by atoms with van der Waals surface area (Å²) in [6, 6.07) is 1.82. The predicted octanol–water partition coefficient (Wildman–Crippen LogP) is 6.67. The van der Waals surface area contributed by atoms with Crippen molar-refractivity contribution >= 4 is 49.0 Å². The van der Waals surface area contributed by atoms with Crippen LogP contribution in [0, 0.1) is 0 Å². The average Bonchev–Trinajstić information content (AvgIpc) is 2.73. The van der Waals surface area contributed by atoms with E-state index in [-0.39, 0.29) is 0 Å². The summed E-state index contributed by atoms with van der Waals surface area (Å²) in [5.74, 6) is 2.28. The normalized spacial score (nSPS) is 12.6. The summed E-state index contributed by atoms with van der Waals surface area (Å²) in [6.45, 7) is 16.0. The summed E-state index contributed by atoms with van der Waals surface area (Å²) in [6.07, 6.45) is 4.49. The summed E-state index contributed by atoms with van der Waals surface area (Å²) in [7, 11) is 0.841. The van der Waals surface area contributed by atoms with Gasteiger partial charge < -0.3 is 26.6 Å². The molecule has 0 rings (SSSR count). The van der Waals surface area contributed by atoms with Crippen LogP contribution in [-0.4, -0.2) is 68.8 Å². The van der Waals surface area contributed by atoms with Crippen molar-refractivity contribution in [1.82, 2.24) is 0 Å². The van der Waals surface area contributed by atoms with Crippen LogP contribution in [0.25, 0.3) is 0 Å². The predicted molar refractivity (Wildman–Crippen MR) is 142 cm³/mol. The molecule has 0 bridgehead atoms. The van der Waals surface area contributed by atoms with Gasteiger partial charge in [0, 0.05) is 63.2 Å². The van der Waals surface area contributed by atoms with Crippen molar-refractivity contribution in [2.45, 2.75) is 79.3 Å². The summed E-state index contributed by atoms with van der Waals surface area (Å²) in [5, 5.41) is 0. The SMILES string of the molecule is CCO[Si](CCCCSSSCCCC[Si](OCC)(OCC)OCC)(OCC)OCC. The monoisotopic (exact) mass is 534 g/mol. The Balaban J connectivity index is 3.91. The Kier molecular flexibility index (Phi) is 22.6. The number of hydrogen-bond donors (Lipinski definition) is 0. The van der Waals surface area contributed by atoms with Crippen molar-refractivity contribution in [3.8, 4) is 0 Å². The highest BCUT2D eigenvalue weighted by Crippen LogP contribution is 2.36. The maximum atomic E-state index is 5.92. The molecule has 0 saturated heterocycles. The smallest absolute Gasteiger partial charge is 0.374 e. The Morgan fingerprint density at radius 2 is 0.742 bits per heavy atom. The lowest BCUT2D eigenvalue weighted by molar-refractivity contribution is 0.0700. The number of rotatable bonds is 24. The molecule has 0 saturated carbocycles. The molecular formula is C20H46O6S3Si2. The molecule has 0 atom stereocenters. The van der Waals surface area contributed by atoms with E-state index in [1.54, 1.807) is 0 Å².